The molecule has 1 atom stereocenters. The van der Waals surface area contributed by atoms with Crippen molar-refractivity contribution in [1.29, 1.82) is 0 Å². The number of carboxylic acids is 1. The summed E-state index contributed by atoms with van der Waals surface area (Å²) in [5, 5.41) is 9.53. The molecule has 1 aliphatic carbocycles. The molecule has 1 rings (SSSR count). The Kier molecular flexibility index (Phi) is 5.30. The van der Waals surface area contributed by atoms with Gasteiger partial charge < -0.3 is 5.11 Å². The topological polar surface area (TPSA) is 37.3 Å². The Morgan fingerprint density at radius 1 is 1.25 bits per heavy atom. The summed E-state index contributed by atoms with van der Waals surface area (Å²) in [6, 6.07) is 0. The van der Waals surface area contributed by atoms with Gasteiger partial charge in [0.25, 0.3) is 0 Å². The monoisotopic (exact) mass is 226 g/mol. The Hall–Kier alpha value is -0.530. The van der Waals surface area contributed by atoms with Crippen LogP contribution in [0.25, 0.3) is 0 Å². The van der Waals surface area contributed by atoms with Crippen LogP contribution in [-0.4, -0.2) is 11.1 Å². The molecule has 0 radical (unpaired) electrons. The maximum atomic E-state index is 11.6. The minimum Gasteiger partial charge on any atom is -0.481 e. The third-order valence-corrected chi connectivity index (χ3v) is 4.04. The van der Waals surface area contributed by atoms with E-state index in [9.17, 15) is 9.90 Å². The molecule has 1 N–H and O–H groups in total. The molecule has 94 valence electrons. The Balaban J connectivity index is 2.66. The molecule has 2 heteroatoms. The van der Waals surface area contributed by atoms with Crippen LogP contribution in [0.3, 0.4) is 0 Å². The SMILES string of the molecule is CCCC(C)CC1(C(=O)O)CCCCCC1. The molecular formula is C14H26O2. The van der Waals surface area contributed by atoms with Gasteiger partial charge in [-0.1, -0.05) is 52.4 Å². The molecule has 16 heavy (non-hydrogen) atoms. The van der Waals surface area contributed by atoms with Gasteiger partial charge in [-0.2, -0.15) is 0 Å². The second-order valence-corrected chi connectivity index (χ2v) is 5.60. The van der Waals surface area contributed by atoms with Gasteiger partial charge in [-0.05, 0) is 25.2 Å². The van der Waals surface area contributed by atoms with Crippen molar-refractivity contribution in [1.82, 2.24) is 0 Å². The Morgan fingerprint density at radius 2 is 1.81 bits per heavy atom. The Morgan fingerprint density at radius 3 is 2.25 bits per heavy atom. The highest BCUT2D eigenvalue weighted by molar-refractivity contribution is 5.74. The van der Waals surface area contributed by atoms with Crippen LogP contribution >= 0.6 is 0 Å². The normalized spacial score (nSPS) is 22.4. The van der Waals surface area contributed by atoms with Crippen LogP contribution in [0, 0.1) is 11.3 Å². The van der Waals surface area contributed by atoms with Crippen molar-refractivity contribution in [2.24, 2.45) is 11.3 Å². The van der Waals surface area contributed by atoms with E-state index in [1.54, 1.807) is 0 Å². The van der Waals surface area contributed by atoms with Gasteiger partial charge in [-0.25, -0.2) is 0 Å². The first-order valence-electron chi connectivity index (χ1n) is 6.84. The van der Waals surface area contributed by atoms with Crippen LogP contribution in [0.1, 0.15) is 71.6 Å². The summed E-state index contributed by atoms with van der Waals surface area (Å²) in [7, 11) is 0. The smallest absolute Gasteiger partial charge is 0.309 e. The summed E-state index contributed by atoms with van der Waals surface area (Å²) < 4.78 is 0. The summed E-state index contributed by atoms with van der Waals surface area (Å²) >= 11 is 0. The molecular weight excluding hydrogens is 200 g/mol. The van der Waals surface area contributed by atoms with Crippen LogP contribution in [0.5, 0.6) is 0 Å². The number of carboxylic acid groups (broad SMARTS) is 1. The van der Waals surface area contributed by atoms with Crippen LogP contribution in [0.2, 0.25) is 0 Å². The Labute approximate surface area is 99.4 Å². The lowest BCUT2D eigenvalue weighted by molar-refractivity contribution is -0.151. The van der Waals surface area contributed by atoms with Crippen molar-refractivity contribution >= 4 is 5.97 Å². The van der Waals surface area contributed by atoms with Crippen LogP contribution < -0.4 is 0 Å². The van der Waals surface area contributed by atoms with Crippen molar-refractivity contribution < 1.29 is 9.90 Å². The van der Waals surface area contributed by atoms with E-state index in [4.69, 9.17) is 0 Å². The third kappa shape index (κ3) is 3.50. The molecule has 0 amide bonds. The predicted octanol–water partition coefficient (Wildman–Crippen LogP) is 4.24. The minimum atomic E-state index is -0.544. The predicted molar refractivity (Wildman–Crippen MR) is 66.5 cm³/mol. The van der Waals surface area contributed by atoms with Crippen LogP contribution in [0.15, 0.2) is 0 Å². The molecule has 0 heterocycles. The van der Waals surface area contributed by atoms with Crippen molar-refractivity contribution in [3.63, 3.8) is 0 Å². The van der Waals surface area contributed by atoms with Crippen molar-refractivity contribution in [2.75, 3.05) is 0 Å². The van der Waals surface area contributed by atoms with Gasteiger partial charge in [0, 0.05) is 0 Å². The summed E-state index contributed by atoms with van der Waals surface area (Å²) in [6.07, 6.45) is 9.65. The molecule has 1 aliphatic rings. The summed E-state index contributed by atoms with van der Waals surface area (Å²) in [5.74, 6) is 0.0107. The molecule has 0 bridgehead atoms. The van der Waals surface area contributed by atoms with E-state index in [-0.39, 0.29) is 0 Å². The van der Waals surface area contributed by atoms with Gasteiger partial charge in [0.15, 0.2) is 0 Å². The van der Waals surface area contributed by atoms with Crippen LogP contribution in [-0.2, 0) is 4.79 Å². The highest BCUT2D eigenvalue weighted by Gasteiger charge is 2.39. The van der Waals surface area contributed by atoms with Gasteiger partial charge in [0.1, 0.15) is 0 Å². The fourth-order valence-electron chi connectivity index (χ4n) is 3.17. The van der Waals surface area contributed by atoms with Gasteiger partial charge in [-0.3, -0.25) is 4.79 Å². The van der Waals surface area contributed by atoms with Crippen molar-refractivity contribution in [2.45, 2.75) is 71.6 Å². The zero-order valence-corrected chi connectivity index (χ0v) is 10.8. The molecule has 0 aromatic rings. The lowest BCUT2D eigenvalue weighted by Crippen LogP contribution is -2.32. The van der Waals surface area contributed by atoms with E-state index in [1.165, 1.54) is 12.8 Å². The lowest BCUT2D eigenvalue weighted by Gasteiger charge is -2.30. The summed E-state index contributed by atoms with van der Waals surface area (Å²) in [4.78, 5) is 11.6. The summed E-state index contributed by atoms with van der Waals surface area (Å²) in [6.45, 7) is 4.39. The lowest BCUT2D eigenvalue weighted by atomic mass is 9.73. The molecule has 0 saturated heterocycles. The highest BCUT2D eigenvalue weighted by Crippen LogP contribution is 2.41. The quantitative estimate of drug-likeness (QED) is 0.712. The number of rotatable bonds is 5. The van der Waals surface area contributed by atoms with Crippen molar-refractivity contribution in [3.8, 4) is 0 Å². The number of hydrogen-bond acceptors (Lipinski definition) is 1. The average molecular weight is 226 g/mol. The van der Waals surface area contributed by atoms with E-state index in [1.807, 2.05) is 0 Å². The summed E-state index contributed by atoms with van der Waals surface area (Å²) in [5.41, 5.74) is -0.398. The first-order valence-corrected chi connectivity index (χ1v) is 6.84. The number of aliphatic carboxylic acids is 1. The van der Waals surface area contributed by atoms with E-state index in [0.717, 1.165) is 44.9 Å². The maximum absolute atomic E-state index is 11.6. The highest BCUT2D eigenvalue weighted by atomic mass is 16.4. The van der Waals surface area contributed by atoms with Crippen molar-refractivity contribution in [3.05, 3.63) is 0 Å². The van der Waals surface area contributed by atoms with E-state index in [0.29, 0.717) is 5.92 Å². The zero-order valence-electron chi connectivity index (χ0n) is 10.8. The molecule has 1 fully saturated rings. The molecule has 0 aromatic carbocycles. The first kappa shape index (κ1) is 13.5. The standard InChI is InChI=1S/C14H26O2/c1-3-8-12(2)11-14(13(15)16)9-6-4-5-7-10-14/h12H,3-11H2,1-2H3,(H,15,16). The van der Waals surface area contributed by atoms with Gasteiger partial charge >= 0.3 is 5.97 Å². The fraction of sp³-hybridized carbons (Fsp3) is 0.929. The first-order chi connectivity index (χ1) is 7.60. The molecule has 2 nitrogen and oxygen atoms in total. The number of carbonyl (C=O) groups is 1. The molecule has 1 unspecified atom stereocenters. The zero-order chi connectivity index (χ0) is 12.0. The minimum absolute atomic E-state index is 0.398. The van der Waals surface area contributed by atoms with E-state index in [2.05, 4.69) is 13.8 Å². The second kappa shape index (κ2) is 6.27. The van der Waals surface area contributed by atoms with Gasteiger partial charge in [-0.15, -0.1) is 0 Å². The maximum Gasteiger partial charge on any atom is 0.309 e. The second-order valence-electron chi connectivity index (χ2n) is 5.60. The number of hydrogen-bond donors (Lipinski definition) is 1. The van der Waals surface area contributed by atoms with Gasteiger partial charge in [0.2, 0.25) is 0 Å². The van der Waals surface area contributed by atoms with Crippen LogP contribution in [0.4, 0.5) is 0 Å². The van der Waals surface area contributed by atoms with Gasteiger partial charge in [0.05, 0.1) is 5.41 Å². The third-order valence-electron chi connectivity index (χ3n) is 4.04. The molecule has 0 aromatic heterocycles. The molecule has 1 saturated carbocycles. The average Bonchev–Trinajstić information content (AvgIpc) is 2.44. The largest absolute Gasteiger partial charge is 0.481 e. The van der Waals surface area contributed by atoms with E-state index < -0.39 is 11.4 Å². The molecule has 0 aliphatic heterocycles. The molecule has 0 spiro atoms. The van der Waals surface area contributed by atoms with E-state index >= 15 is 0 Å². The fourth-order valence-corrected chi connectivity index (χ4v) is 3.17. The Bertz CT molecular complexity index is 215.